The molecule has 0 aliphatic heterocycles. The zero-order chi connectivity index (χ0) is 19.6. The van der Waals surface area contributed by atoms with Gasteiger partial charge in [0.25, 0.3) is 0 Å². The molecule has 3 nitrogen and oxygen atoms in total. The number of hydrogen-bond donors (Lipinski definition) is 0. The van der Waals surface area contributed by atoms with E-state index in [9.17, 15) is 9.59 Å². The summed E-state index contributed by atoms with van der Waals surface area (Å²) >= 11 is 0. The Morgan fingerprint density at radius 1 is 1.15 bits per heavy atom. The number of carbonyl (C=O) groups is 2. The van der Waals surface area contributed by atoms with Crippen LogP contribution >= 0.6 is 0 Å². The van der Waals surface area contributed by atoms with Crippen molar-refractivity contribution < 1.29 is 14.3 Å². The van der Waals surface area contributed by atoms with Crippen LogP contribution in [0.15, 0.2) is 23.8 Å². The van der Waals surface area contributed by atoms with Gasteiger partial charge in [-0.2, -0.15) is 0 Å². The van der Waals surface area contributed by atoms with Gasteiger partial charge in [0.05, 0.1) is 0 Å². The molecule has 6 atom stereocenters. The third-order valence-corrected chi connectivity index (χ3v) is 8.80. The SMILES string of the molecule is CC(=O)OC(C)(C)[C@H]1CC[C@H]2[C@@H]3CCC4=CC(=O)C=C[C@]4(C)[C@H]3CC[C@]12C. The Balaban J connectivity index is 1.63. The molecule has 27 heavy (non-hydrogen) atoms. The molecule has 0 amide bonds. The molecule has 0 aromatic carbocycles. The number of carbonyl (C=O) groups excluding carboxylic acids is 2. The average molecular weight is 371 g/mol. The smallest absolute Gasteiger partial charge is 0.303 e. The molecule has 0 aromatic rings. The monoisotopic (exact) mass is 370 g/mol. The van der Waals surface area contributed by atoms with Gasteiger partial charge in [0, 0.05) is 18.3 Å². The van der Waals surface area contributed by atoms with Crippen LogP contribution in [-0.2, 0) is 14.3 Å². The predicted molar refractivity (Wildman–Crippen MR) is 106 cm³/mol. The molecule has 4 rings (SSSR count). The second kappa shape index (κ2) is 6.06. The van der Waals surface area contributed by atoms with Gasteiger partial charge < -0.3 is 4.74 Å². The number of allylic oxidation sites excluding steroid dienone is 4. The third-order valence-electron chi connectivity index (χ3n) is 8.80. The van der Waals surface area contributed by atoms with Crippen molar-refractivity contribution in [2.24, 2.45) is 34.5 Å². The lowest BCUT2D eigenvalue weighted by Gasteiger charge is -2.58. The number of rotatable bonds is 2. The van der Waals surface area contributed by atoms with Gasteiger partial charge in [0.1, 0.15) is 5.60 Å². The summed E-state index contributed by atoms with van der Waals surface area (Å²) in [7, 11) is 0. The number of hydrogen-bond acceptors (Lipinski definition) is 3. The van der Waals surface area contributed by atoms with E-state index in [4.69, 9.17) is 4.74 Å². The van der Waals surface area contributed by atoms with Gasteiger partial charge in [-0.05, 0) is 87.7 Å². The van der Waals surface area contributed by atoms with Crippen molar-refractivity contribution in [2.75, 3.05) is 0 Å². The quantitative estimate of drug-likeness (QED) is 0.623. The molecule has 148 valence electrons. The summed E-state index contributed by atoms with van der Waals surface area (Å²) in [6.07, 6.45) is 13.0. The van der Waals surface area contributed by atoms with Gasteiger partial charge in [0.15, 0.2) is 5.78 Å². The summed E-state index contributed by atoms with van der Waals surface area (Å²) in [5.74, 6) is 2.45. The topological polar surface area (TPSA) is 43.4 Å². The van der Waals surface area contributed by atoms with Crippen LogP contribution in [0.3, 0.4) is 0 Å². The van der Waals surface area contributed by atoms with Crippen LogP contribution in [0.1, 0.15) is 73.1 Å². The molecule has 0 heterocycles. The fourth-order valence-electron chi connectivity index (χ4n) is 7.78. The molecule has 0 spiro atoms. The standard InChI is InChI=1S/C24H34O3/c1-15(25)27-22(2,3)21-9-8-19-18-7-6-16-14-17(26)10-12-23(16,4)20(18)11-13-24(19,21)5/h10,12,14,18-21H,6-9,11,13H2,1-5H3/t18-,19-,20-,21+,23-,24-/m0/s1. The minimum Gasteiger partial charge on any atom is -0.460 e. The molecule has 0 N–H and O–H groups in total. The van der Waals surface area contributed by atoms with E-state index in [2.05, 4.69) is 33.8 Å². The zero-order valence-corrected chi connectivity index (χ0v) is 17.5. The number of esters is 1. The zero-order valence-electron chi connectivity index (χ0n) is 17.5. The van der Waals surface area contributed by atoms with E-state index in [0.717, 1.165) is 12.8 Å². The number of ether oxygens (including phenoxy) is 1. The summed E-state index contributed by atoms with van der Waals surface area (Å²) in [5.41, 5.74) is 1.26. The van der Waals surface area contributed by atoms with E-state index >= 15 is 0 Å². The lowest BCUT2D eigenvalue weighted by molar-refractivity contribution is -0.167. The average Bonchev–Trinajstić information content (AvgIpc) is 2.92. The van der Waals surface area contributed by atoms with Gasteiger partial charge in [-0.15, -0.1) is 0 Å². The molecule has 0 radical (unpaired) electrons. The highest BCUT2D eigenvalue weighted by Gasteiger charge is 2.61. The van der Waals surface area contributed by atoms with Crippen LogP contribution in [0.5, 0.6) is 0 Å². The Bertz CT molecular complexity index is 730. The highest BCUT2D eigenvalue weighted by atomic mass is 16.6. The van der Waals surface area contributed by atoms with E-state index in [0.29, 0.717) is 23.7 Å². The maximum Gasteiger partial charge on any atom is 0.303 e. The first kappa shape index (κ1) is 19.0. The van der Waals surface area contributed by atoms with Crippen LogP contribution in [0.2, 0.25) is 0 Å². The maximum absolute atomic E-state index is 11.9. The lowest BCUT2D eigenvalue weighted by Crippen LogP contribution is -2.52. The first-order valence-corrected chi connectivity index (χ1v) is 10.7. The molecule has 4 aliphatic rings. The number of fused-ring (bicyclic) bond motifs is 5. The molecule has 3 heteroatoms. The minimum atomic E-state index is -0.400. The van der Waals surface area contributed by atoms with Crippen LogP contribution in [0, 0.1) is 34.5 Å². The van der Waals surface area contributed by atoms with Crippen LogP contribution < -0.4 is 0 Å². The van der Waals surface area contributed by atoms with Crippen molar-refractivity contribution in [1.29, 1.82) is 0 Å². The molecule has 0 unspecified atom stereocenters. The predicted octanol–water partition coefficient (Wildman–Crippen LogP) is 5.25. The van der Waals surface area contributed by atoms with E-state index in [-0.39, 0.29) is 22.6 Å². The molecular formula is C24H34O3. The maximum atomic E-state index is 11.9. The lowest BCUT2D eigenvalue weighted by atomic mass is 9.47. The summed E-state index contributed by atoms with van der Waals surface area (Å²) in [4.78, 5) is 23.6. The van der Waals surface area contributed by atoms with Gasteiger partial charge in [-0.3, -0.25) is 9.59 Å². The van der Waals surface area contributed by atoms with Crippen molar-refractivity contribution in [3.05, 3.63) is 23.8 Å². The van der Waals surface area contributed by atoms with Gasteiger partial charge in [-0.25, -0.2) is 0 Å². The Morgan fingerprint density at radius 2 is 1.89 bits per heavy atom. The Kier molecular flexibility index (Phi) is 4.25. The highest BCUT2D eigenvalue weighted by molar-refractivity contribution is 6.01. The summed E-state index contributed by atoms with van der Waals surface area (Å²) < 4.78 is 5.79. The van der Waals surface area contributed by atoms with Crippen LogP contribution in [-0.4, -0.2) is 17.4 Å². The molecular weight excluding hydrogens is 336 g/mol. The number of ketones is 1. The Morgan fingerprint density at radius 3 is 2.59 bits per heavy atom. The fraction of sp³-hybridized carbons (Fsp3) is 0.750. The van der Waals surface area contributed by atoms with E-state index < -0.39 is 5.60 Å². The normalized spacial score (nSPS) is 43.4. The first-order chi connectivity index (χ1) is 12.6. The van der Waals surface area contributed by atoms with Crippen LogP contribution in [0.25, 0.3) is 0 Å². The minimum absolute atomic E-state index is 0.0572. The first-order valence-electron chi connectivity index (χ1n) is 10.7. The van der Waals surface area contributed by atoms with E-state index in [1.807, 2.05) is 6.08 Å². The van der Waals surface area contributed by atoms with Gasteiger partial charge >= 0.3 is 5.97 Å². The van der Waals surface area contributed by atoms with Crippen molar-refractivity contribution >= 4 is 11.8 Å². The summed E-state index contributed by atoms with van der Waals surface area (Å²) in [6, 6.07) is 0. The second-order valence-electron chi connectivity index (χ2n) is 10.5. The van der Waals surface area contributed by atoms with Gasteiger partial charge in [-0.1, -0.05) is 25.5 Å². The Labute approximate surface area is 163 Å². The van der Waals surface area contributed by atoms with Crippen LogP contribution in [0.4, 0.5) is 0 Å². The van der Waals surface area contributed by atoms with Crippen molar-refractivity contribution in [2.45, 2.75) is 78.7 Å². The highest BCUT2D eigenvalue weighted by Crippen LogP contribution is 2.67. The summed E-state index contributed by atoms with van der Waals surface area (Å²) in [5, 5.41) is 0. The summed E-state index contributed by atoms with van der Waals surface area (Å²) in [6.45, 7) is 10.6. The van der Waals surface area contributed by atoms with Crippen molar-refractivity contribution in [3.63, 3.8) is 0 Å². The molecule has 0 bridgehead atoms. The molecule has 3 fully saturated rings. The molecule has 3 saturated carbocycles. The molecule has 0 aromatic heterocycles. The van der Waals surface area contributed by atoms with Crippen molar-refractivity contribution in [1.82, 2.24) is 0 Å². The van der Waals surface area contributed by atoms with Crippen molar-refractivity contribution in [3.8, 4) is 0 Å². The van der Waals surface area contributed by atoms with E-state index in [1.54, 1.807) is 6.08 Å². The van der Waals surface area contributed by atoms with E-state index in [1.165, 1.54) is 38.2 Å². The fourth-order valence-corrected chi connectivity index (χ4v) is 7.78. The largest absolute Gasteiger partial charge is 0.460 e. The molecule has 4 aliphatic carbocycles. The third kappa shape index (κ3) is 2.76. The molecule has 0 saturated heterocycles. The second-order valence-corrected chi connectivity index (χ2v) is 10.5. The van der Waals surface area contributed by atoms with Gasteiger partial charge in [0.2, 0.25) is 0 Å². The Hall–Kier alpha value is -1.38.